The zero-order chi connectivity index (χ0) is 22.5. The molecule has 0 spiro atoms. The van der Waals surface area contributed by atoms with Gasteiger partial charge in [0.15, 0.2) is 0 Å². The van der Waals surface area contributed by atoms with Crippen molar-refractivity contribution < 1.29 is 14.2 Å². The van der Waals surface area contributed by atoms with Gasteiger partial charge in [0.2, 0.25) is 5.91 Å². The molecule has 9 nitrogen and oxygen atoms in total. The Balaban J connectivity index is 1.12. The molecule has 3 heterocycles. The molecule has 0 radical (unpaired) electrons. The highest BCUT2D eigenvalue weighted by molar-refractivity contribution is 5.89. The lowest BCUT2D eigenvalue weighted by molar-refractivity contribution is -0.116. The first-order valence-corrected chi connectivity index (χ1v) is 11.2. The van der Waals surface area contributed by atoms with E-state index in [0.29, 0.717) is 6.61 Å². The topological polar surface area (TPSA) is 98.3 Å². The van der Waals surface area contributed by atoms with Crippen molar-refractivity contribution in [3.63, 3.8) is 0 Å². The van der Waals surface area contributed by atoms with Crippen LogP contribution in [-0.4, -0.2) is 50.6 Å². The van der Waals surface area contributed by atoms with E-state index in [0.717, 1.165) is 60.6 Å². The van der Waals surface area contributed by atoms with Crippen molar-refractivity contribution in [1.82, 2.24) is 25.0 Å². The predicted octanol–water partition coefficient (Wildman–Crippen LogP) is 3.66. The maximum absolute atomic E-state index is 12.4. The molecule has 0 atom stereocenters. The van der Waals surface area contributed by atoms with Crippen LogP contribution in [0.25, 0.3) is 11.0 Å². The first kappa shape index (κ1) is 21.1. The number of hydrogen-bond acceptors (Lipinski definition) is 7. The molecule has 0 unspecified atom stereocenters. The summed E-state index contributed by atoms with van der Waals surface area (Å²) in [5.74, 6) is 1.41. The maximum Gasteiger partial charge on any atom is 0.228 e. The Bertz CT molecular complexity index is 1200. The van der Waals surface area contributed by atoms with Crippen LogP contribution in [0.3, 0.4) is 0 Å². The highest BCUT2D eigenvalue weighted by Crippen LogP contribution is 2.27. The second-order valence-electron chi connectivity index (χ2n) is 8.18. The van der Waals surface area contributed by atoms with Crippen LogP contribution < -0.4 is 10.1 Å². The number of likely N-dealkylation sites (tertiary alicyclic amines) is 1. The number of benzene rings is 2. The van der Waals surface area contributed by atoms with Crippen molar-refractivity contribution in [2.24, 2.45) is 0 Å². The monoisotopic (exact) mass is 446 g/mol. The zero-order valence-electron chi connectivity index (χ0n) is 18.3. The van der Waals surface area contributed by atoms with E-state index in [-0.39, 0.29) is 18.4 Å². The molecule has 0 saturated carbocycles. The third-order valence-electron chi connectivity index (χ3n) is 5.95. The van der Waals surface area contributed by atoms with E-state index in [2.05, 4.69) is 31.7 Å². The van der Waals surface area contributed by atoms with E-state index < -0.39 is 0 Å². The van der Waals surface area contributed by atoms with Gasteiger partial charge in [-0.15, -0.1) is 0 Å². The van der Waals surface area contributed by atoms with Crippen LogP contribution in [0.2, 0.25) is 0 Å². The number of nitrogens with zero attached hydrogens (tertiary/aromatic N) is 5. The summed E-state index contributed by atoms with van der Waals surface area (Å²) in [6.45, 7) is 3.01. The molecule has 1 amide bonds. The molecule has 5 rings (SSSR count). The summed E-state index contributed by atoms with van der Waals surface area (Å²) >= 11 is 0. The molecule has 1 N–H and O–H groups in total. The molecule has 2 aromatic carbocycles. The lowest BCUT2D eigenvalue weighted by atomic mass is 10.0. The number of anilines is 1. The average Bonchev–Trinajstić information content (AvgIpc) is 3.51. The number of hydrogen-bond donors (Lipinski definition) is 1. The lowest BCUT2D eigenvalue weighted by Crippen LogP contribution is -2.35. The summed E-state index contributed by atoms with van der Waals surface area (Å²) in [5.41, 5.74) is 2.73. The molecule has 33 heavy (non-hydrogen) atoms. The van der Waals surface area contributed by atoms with Crippen LogP contribution in [0, 0.1) is 0 Å². The number of carbonyl (C=O) groups is 1. The molecule has 2 aromatic heterocycles. The standard InChI is InChI=1S/C24H26N6O3/c31-23(12-16-32-20-6-2-1-3-7-20)26-22-9-13-25-30(22)19-10-14-29(15-11-19)17-18-5-4-8-21-24(18)28-33-27-21/h1-9,13,19H,10-12,14-17H2,(H,26,31). The van der Waals surface area contributed by atoms with E-state index in [9.17, 15) is 4.79 Å². The normalized spacial score (nSPS) is 15.0. The highest BCUT2D eigenvalue weighted by atomic mass is 16.6. The Kier molecular flexibility index (Phi) is 6.30. The summed E-state index contributed by atoms with van der Waals surface area (Å²) < 4.78 is 12.4. The molecule has 0 bridgehead atoms. The summed E-state index contributed by atoms with van der Waals surface area (Å²) in [4.78, 5) is 14.8. The Labute approximate surface area is 191 Å². The zero-order valence-corrected chi connectivity index (χ0v) is 18.3. The van der Waals surface area contributed by atoms with E-state index in [1.165, 1.54) is 0 Å². The number of ether oxygens (including phenoxy) is 1. The number of amides is 1. The smallest absolute Gasteiger partial charge is 0.228 e. The van der Waals surface area contributed by atoms with Gasteiger partial charge in [-0.25, -0.2) is 9.31 Å². The Morgan fingerprint density at radius 1 is 1.06 bits per heavy atom. The minimum Gasteiger partial charge on any atom is -0.493 e. The van der Waals surface area contributed by atoms with Crippen LogP contribution in [0.4, 0.5) is 5.82 Å². The van der Waals surface area contributed by atoms with E-state index in [1.807, 2.05) is 53.2 Å². The van der Waals surface area contributed by atoms with Crippen LogP contribution in [0.1, 0.15) is 30.9 Å². The van der Waals surface area contributed by atoms with Gasteiger partial charge in [0.25, 0.3) is 0 Å². The van der Waals surface area contributed by atoms with Gasteiger partial charge >= 0.3 is 0 Å². The van der Waals surface area contributed by atoms with Crippen molar-refractivity contribution in [2.75, 3.05) is 25.0 Å². The first-order chi connectivity index (χ1) is 16.3. The van der Waals surface area contributed by atoms with Gasteiger partial charge in [-0.05, 0) is 46.9 Å². The fourth-order valence-electron chi connectivity index (χ4n) is 4.24. The minimum atomic E-state index is -0.0839. The SMILES string of the molecule is O=C(CCOc1ccccc1)Nc1ccnn1C1CCN(Cc2cccc3nonc23)CC1. The maximum atomic E-state index is 12.4. The molecule has 9 heteroatoms. The Hall–Kier alpha value is -3.72. The molecule has 1 fully saturated rings. The van der Waals surface area contributed by atoms with Gasteiger partial charge in [-0.3, -0.25) is 9.69 Å². The van der Waals surface area contributed by atoms with Crippen molar-refractivity contribution in [2.45, 2.75) is 31.8 Å². The van der Waals surface area contributed by atoms with Crippen LogP contribution in [0.15, 0.2) is 65.4 Å². The van der Waals surface area contributed by atoms with Crippen molar-refractivity contribution >= 4 is 22.8 Å². The number of rotatable bonds is 8. The van der Waals surface area contributed by atoms with Gasteiger partial charge < -0.3 is 10.1 Å². The Morgan fingerprint density at radius 2 is 1.91 bits per heavy atom. The van der Waals surface area contributed by atoms with E-state index in [1.54, 1.807) is 6.20 Å². The lowest BCUT2D eigenvalue weighted by Gasteiger charge is -2.32. The predicted molar refractivity (Wildman–Crippen MR) is 123 cm³/mol. The van der Waals surface area contributed by atoms with Crippen LogP contribution in [0.5, 0.6) is 5.75 Å². The van der Waals surface area contributed by atoms with E-state index >= 15 is 0 Å². The molecule has 0 aliphatic carbocycles. The van der Waals surface area contributed by atoms with Crippen molar-refractivity contribution in [1.29, 1.82) is 0 Å². The van der Waals surface area contributed by atoms with Crippen LogP contribution in [-0.2, 0) is 11.3 Å². The van der Waals surface area contributed by atoms with Gasteiger partial charge in [-0.1, -0.05) is 30.3 Å². The number of aromatic nitrogens is 4. The second kappa shape index (κ2) is 9.83. The summed E-state index contributed by atoms with van der Waals surface area (Å²) in [5, 5.41) is 15.4. The van der Waals surface area contributed by atoms with Gasteiger partial charge in [0.1, 0.15) is 22.6 Å². The highest BCUT2D eigenvalue weighted by Gasteiger charge is 2.24. The fourth-order valence-corrected chi connectivity index (χ4v) is 4.24. The van der Waals surface area contributed by atoms with E-state index in [4.69, 9.17) is 9.37 Å². The summed E-state index contributed by atoms with van der Waals surface area (Å²) in [7, 11) is 0. The van der Waals surface area contributed by atoms with Gasteiger partial charge in [-0.2, -0.15) is 5.10 Å². The molecule has 170 valence electrons. The second-order valence-corrected chi connectivity index (χ2v) is 8.18. The molecule has 1 aliphatic rings. The largest absolute Gasteiger partial charge is 0.493 e. The summed E-state index contributed by atoms with van der Waals surface area (Å²) in [6.07, 6.45) is 3.92. The average molecular weight is 447 g/mol. The Morgan fingerprint density at radius 3 is 2.76 bits per heavy atom. The molecular weight excluding hydrogens is 420 g/mol. The molecule has 4 aromatic rings. The number of piperidine rings is 1. The summed E-state index contributed by atoms with van der Waals surface area (Å²) in [6, 6.07) is 17.6. The van der Waals surface area contributed by atoms with Gasteiger partial charge in [0.05, 0.1) is 25.3 Å². The number of carbonyl (C=O) groups excluding carboxylic acids is 1. The number of para-hydroxylation sites is 1. The third-order valence-corrected chi connectivity index (χ3v) is 5.95. The van der Waals surface area contributed by atoms with Crippen molar-refractivity contribution in [3.8, 4) is 5.75 Å². The van der Waals surface area contributed by atoms with Crippen molar-refractivity contribution in [3.05, 3.63) is 66.4 Å². The molecule has 1 saturated heterocycles. The number of fused-ring (bicyclic) bond motifs is 1. The quantitative estimate of drug-likeness (QED) is 0.441. The third kappa shape index (κ3) is 5.04. The first-order valence-electron chi connectivity index (χ1n) is 11.2. The van der Waals surface area contributed by atoms with Gasteiger partial charge in [0, 0.05) is 25.7 Å². The molecular formula is C24H26N6O3. The van der Waals surface area contributed by atoms with Crippen LogP contribution >= 0.6 is 0 Å². The molecule has 1 aliphatic heterocycles. The number of nitrogens with one attached hydrogen (secondary N) is 1. The minimum absolute atomic E-state index is 0.0839. The fraction of sp³-hybridized carbons (Fsp3) is 0.333.